The molecule has 0 amide bonds. The third-order valence-corrected chi connectivity index (χ3v) is 4.75. The maximum absolute atomic E-state index is 12.2. The van der Waals surface area contributed by atoms with E-state index in [2.05, 4.69) is 9.97 Å². The number of ether oxygens (including phenoxy) is 2. The summed E-state index contributed by atoms with van der Waals surface area (Å²) in [5.74, 6) is 0.108. The van der Waals surface area contributed by atoms with Crippen molar-refractivity contribution >= 4 is 23.1 Å². The van der Waals surface area contributed by atoms with Gasteiger partial charge >= 0.3 is 5.97 Å². The lowest BCUT2D eigenvalue weighted by molar-refractivity contribution is -0.144. The highest BCUT2D eigenvalue weighted by atomic mass is 32.1. The SMILES string of the molecule is COc1ccc(C(C)=O)cc1COC(=O)Cc1csc(-c2ccccn2)n1. The maximum atomic E-state index is 12.2. The molecular weight excluding hydrogens is 364 g/mol. The summed E-state index contributed by atoms with van der Waals surface area (Å²) in [5, 5.41) is 2.58. The van der Waals surface area contributed by atoms with Crippen molar-refractivity contribution in [2.24, 2.45) is 0 Å². The van der Waals surface area contributed by atoms with Gasteiger partial charge in [0.15, 0.2) is 5.78 Å². The van der Waals surface area contributed by atoms with Gasteiger partial charge in [0.25, 0.3) is 0 Å². The van der Waals surface area contributed by atoms with E-state index in [1.165, 1.54) is 25.4 Å². The van der Waals surface area contributed by atoms with Crippen molar-refractivity contribution in [3.8, 4) is 16.5 Å². The second-order valence-electron chi connectivity index (χ2n) is 5.78. The number of ketones is 1. The van der Waals surface area contributed by atoms with E-state index in [0.717, 1.165) is 10.7 Å². The smallest absolute Gasteiger partial charge is 0.312 e. The van der Waals surface area contributed by atoms with E-state index >= 15 is 0 Å². The number of pyridine rings is 1. The fourth-order valence-electron chi connectivity index (χ4n) is 2.46. The molecule has 0 N–H and O–H groups in total. The normalized spacial score (nSPS) is 10.4. The Bertz CT molecular complexity index is 954. The Balaban J connectivity index is 1.63. The fraction of sp³-hybridized carbons (Fsp3) is 0.200. The molecule has 0 saturated carbocycles. The van der Waals surface area contributed by atoms with Crippen molar-refractivity contribution in [3.63, 3.8) is 0 Å². The maximum Gasteiger partial charge on any atom is 0.312 e. The zero-order valence-electron chi connectivity index (χ0n) is 15.0. The van der Waals surface area contributed by atoms with Crippen LogP contribution in [-0.4, -0.2) is 28.8 Å². The van der Waals surface area contributed by atoms with E-state index in [0.29, 0.717) is 22.6 Å². The highest BCUT2D eigenvalue weighted by Gasteiger charge is 2.13. The molecule has 0 spiro atoms. The highest BCUT2D eigenvalue weighted by Crippen LogP contribution is 2.23. The quantitative estimate of drug-likeness (QED) is 0.458. The second kappa shape index (κ2) is 8.55. The van der Waals surface area contributed by atoms with Crippen LogP contribution in [0.2, 0.25) is 0 Å². The molecule has 0 unspecified atom stereocenters. The summed E-state index contributed by atoms with van der Waals surface area (Å²) in [4.78, 5) is 32.4. The predicted molar refractivity (Wildman–Crippen MR) is 102 cm³/mol. The summed E-state index contributed by atoms with van der Waals surface area (Å²) in [6.07, 6.45) is 1.77. The van der Waals surface area contributed by atoms with Gasteiger partial charge in [-0.2, -0.15) is 0 Å². The average Bonchev–Trinajstić information content (AvgIpc) is 3.15. The number of carbonyl (C=O) groups excluding carboxylic acids is 2. The zero-order valence-corrected chi connectivity index (χ0v) is 15.8. The lowest BCUT2D eigenvalue weighted by Gasteiger charge is -2.10. The monoisotopic (exact) mass is 382 g/mol. The number of Topliss-reactive ketones (excluding diaryl/α,β-unsaturated/α-hetero) is 1. The molecule has 7 heteroatoms. The lowest BCUT2D eigenvalue weighted by atomic mass is 10.1. The molecule has 1 aromatic carbocycles. The van der Waals surface area contributed by atoms with Gasteiger partial charge in [0.2, 0.25) is 0 Å². The van der Waals surface area contributed by atoms with Gasteiger partial charge in [-0.05, 0) is 37.3 Å². The first-order valence-electron chi connectivity index (χ1n) is 8.26. The minimum atomic E-state index is -0.400. The topological polar surface area (TPSA) is 78.4 Å². The minimum absolute atomic E-state index is 0.0281. The summed E-state index contributed by atoms with van der Waals surface area (Å²) in [7, 11) is 1.53. The Labute approximate surface area is 160 Å². The highest BCUT2D eigenvalue weighted by molar-refractivity contribution is 7.13. The molecule has 0 aliphatic rings. The van der Waals surface area contributed by atoms with Gasteiger partial charge < -0.3 is 9.47 Å². The third-order valence-electron chi connectivity index (χ3n) is 3.84. The molecule has 2 aromatic heterocycles. The van der Waals surface area contributed by atoms with Crippen molar-refractivity contribution in [3.05, 3.63) is 64.8 Å². The van der Waals surface area contributed by atoms with Crippen LogP contribution in [0.5, 0.6) is 5.75 Å². The first-order valence-corrected chi connectivity index (χ1v) is 9.14. The van der Waals surface area contributed by atoms with Crippen LogP contribution < -0.4 is 4.74 Å². The van der Waals surface area contributed by atoms with Crippen LogP contribution in [0.1, 0.15) is 28.5 Å². The number of thiazole rings is 1. The summed E-state index contributed by atoms with van der Waals surface area (Å²) >= 11 is 1.43. The molecule has 0 atom stereocenters. The van der Waals surface area contributed by atoms with Crippen molar-refractivity contribution in [1.82, 2.24) is 9.97 Å². The van der Waals surface area contributed by atoms with Crippen molar-refractivity contribution < 1.29 is 19.1 Å². The second-order valence-corrected chi connectivity index (χ2v) is 6.64. The standard InChI is InChI=1S/C20H18N2O4S/c1-13(23)14-6-7-18(25-2)15(9-14)11-26-19(24)10-16-12-27-20(22-16)17-5-3-4-8-21-17/h3-9,12H,10-11H2,1-2H3. The molecule has 27 heavy (non-hydrogen) atoms. The molecule has 0 aliphatic carbocycles. The third kappa shape index (κ3) is 4.77. The molecule has 3 rings (SSSR count). The van der Waals surface area contributed by atoms with E-state index in [9.17, 15) is 9.59 Å². The van der Waals surface area contributed by atoms with Gasteiger partial charge in [0.1, 0.15) is 17.4 Å². The Kier molecular flexibility index (Phi) is 5.93. The fourth-order valence-corrected chi connectivity index (χ4v) is 3.26. The van der Waals surface area contributed by atoms with Gasteiger partial charge in [0.05, 0.1) is 24.9 Å². The number of esters is 1. The van der Waals surface area contributed by atoms with Crippen LogP contribution in [-0.2, 0) is 22.6 Å². The molecule has 6 nitrogen and oxygen atoms in total. The first kappa shape index (κ1) is 18.7. The molecule has 2 heterocycles. The zero-order chi connectivity index (χ0) is 19.2. The van der Waals surface area contributed by atoms with Crippen LogP contribution in [0.25, 0.3) is 10.7 Å². The van der Waals surface area contributed by atoms with Crippen LogP contribution in [0, 0.1) is 0 Å². The lowest BCUT2D eigenvalue weighted by Crippen LogP contribution is -2.09. The van der Waals surface area contributed by atoms with Crippen molar-refractivity contribution in [1.29, 1.82) is 0 Å². The number of hydrogen-bond acceptors (Lipinski definition) is 7. The first-order chi connectivity index (χ1) is 13.1. The van der Waals surface area contributed by atoms with Gasteiger partial charge in [-0.1, -0.05) is 6.07 Å². The predicted octanol–water partition coefficient (Wildman–Crippen LogP) is 3.70. The van der Waals surface area contributed by atoms with Gasteiger partial charge in [-0.3, -0.25) is 14.6 Å². The minimum Gasteiger partial charge on any atom is -0.496 e. The molecule has 0 fully saturated rings. The van der Waals surface area contributed by atoms with E-state index in [-0.39, 0.29) is 18.8 Å². The molecule has 0 radical (unpaired) electrons. The van der Waals surface area contributed by atoms with E-state index < -0.39 is 5.97 Å². The molecular formula is C20H18N2O4S. The number of carbonyl (C=O) groups is 2. The molecule has 3 aromatic rings. The van der Waals surface area contributed by atoms with Crippen molar-refractivity contribution in [2.75, 3.05) is 7.11 Å². The summed E-state index contributed by atoms with van der Waals surface area (Å²) in [6.45, 7) is 1.51. The van der Waals surface area contributed by atoms with Crippen LogP contribution >= 0.6 is 11.3 Å². The largest absolute Gasteiger partial charge is 0.496 e. The van der Waals surface area contributed by atoms with Crippen LogP contribution in [0.15, 0.2) is 48.0 Å². The van der Waals surface area contributed by atoms with Crippen molar-refractivity contribution in [2.45, 2.75) is 20.0 Å². The number of benzene rings is 1. The Morgan fingerprint density at radius 1 is 1.19 bits per heavy atom. The molecule has 0 saturated heterocycles. The van der Waals surface area contributed by atoms with Crippen LogP contribution in [0.4, 0.5) is 0 Å². The Morgan fingerprint density at radius 3 is 2.74 bits per heavy atom. The summed E-state index contributed by atoms with van der Waals surface area (Å²) in [5.41, 5.74) is 2.59. The number of aromatic nitrogens is 2. The molecule has 0 aliphatic heterocycles. The molecule has 0 bridgehead atoms. The van der Waals surface area contributed by atoms with Gasteiger partial charge in [0, 0.05) is 22.7 Å². The number of hydrogen-bond donors (Lipinski definition) is 0. The number of rotatable bonds is 7. The molecule has 138 valence electrons. The summed E-state index contributed by atoms with van der Waals surface area (Å²) < 4.78 is 10.6. The number of nitrogens with zero attached hydrogens (tertiary/aromatic N) is 2. The van der Waals surface area contributed by atoms with Gasteiger partial charge in [-0.25, -0.2) is 4.98 Å². The average molecular weight is 382 g/mol. The Hall–Kier alpha value is -3.06. The van der Waals surface area contributed by atoms with E-state index in [4.69, 9.17) is 9.47 Å². The van der Waals surface area contributed by atoms with E-state index in [1.807, 2.05) is 23.6 Å². The van der Waals surface area contributed by atoms with E-state index in [1.54, 1.807) is 24.4 Å². The number of methoxy groups -OCH3 is 1. The van der Waals surface area contributed by atoms with Crippen LogP contribution in [0.3, 0.4) is 0 Å². The van der Waals surface area contributed by atoms with Gasteiger partial charge in [-0.15, -0.1) is 11.3 Å². The Morgan fingerprint density at radius 2 is 2.04 bits per heavy atom. The summed E-state index contributed by atoms with van der Waals surface area (Å²) in [6, 6.07) is 10.6.